The van der Waals surface area contributed by atoms with Crippen molar-refractivity contribution in [1.29, 1.82) is 0 Å². The normalized spacial score (nSPS) is 12.9. The van der Waals surface area contributed by atoms with Crippen LogP contribution in [0.2, 0.25) is 0 Å². The molecule has 6 heteroatoms. The van der Waals surface area contributed by atoms with Gasteiger partial charge in [0.15, 0.2) is 0 Å². The number of H-pyrrole nitrogens is 1. The van der Waals surface area contributed by atoms with Gasteiger partial charge in [-0.1, -0.05) is 0 Å². The number of amides is 1. The molecule has 0 fully saturated rings. The van der Waals surface area contributed by atoms with Gasteiger partial charge in [-0.2, -0.15) is 0 Å². The van der Waals surface area contributed by atoms with Crippen LogP contribution in [0, 0.1) is 0 Å². The van der Waals surface area contributed by atoms with Crippen LogP contribution in [0.15, 0.2) is 12.5 Å². The fourth-order valence-corrected chi connectivity index (χ4v) is 1.18. The Hall–Kier alpha value is -1.85. The van der Waals surface area contributed by atoms with Gasteiger partial charge in [-0.3, -0.25) is 4.79 Å². The molecule has 0 spiro atoms. The highest BCUT2D eigenvalue weighted by Crippen LogP contribution is 2.07. The van der Waals surface area contributed by atoms with Crippen molar-refractivity contribution in [2.45, 2.75) is 38.8 Å². The van der Waals surface area contributed by atoms with E-state index in [2.05, 4.69) is 15.3 Å². The molecular weight excluding hydrogens is 222 g/mol. The summed E-state index contributed by atoms with van der Waals surface area (Å²) in [6, 6.07) is -0.756. The number of alkyl carbamates (subject to hydrolysis) is 1. The molecular formula is C11H16N3O3. The molecule has 1 heterocycles. The molecule has 1 atom stereocenters. The molecule has 2 N–H and O–H groups in total. The average molecular weight is 238 g/mol. The van der Waals surface area contributed by atoms with E-state index in [0.717, 1.165) is 0 Å². The molecule has 0 saturated heterocycles. The standard InChI is InChI=1S/C11H16N3O3/c1-11(2,3)17-10(16)14-9(6-15)4-8-5-12-7-13-8/h5,7,9H,4H2,1-3H3,(H,12,13)(H,14,16). The fraction of sp³-hybridized carbons (Fsp3) is 0.545. The van der Waals surface area contributed by atoms with Gasteiger partial charge in [-0.25, -0.2) is 9.78 Å². The highest BCUT2D eigenvalue weighted by Gasteiger charge is 2.20. The summed E-state index contributed by atoms with van der Waals surface area (Å²) in [6.45, 7) is 5.25. The van der Waals surface area contributed by atoms with Crippen LogP contribution < -0.4 is 5.32 Å². The van der Waals surface area contributed by atoms with Crippen molar-refractivity contribution in [3.8, 4) is 0 Å². The number of ether oxygens (including phenoxy) is 1. The summed E-state index contributed by atoms with van der Waals surface area (Å²) in [4.78, 5) is 28.8. The summed E-state index contributed by atoms with van der Waals surface area (Å²) in [5, 5.41) is 2.42. The lowest BCUT2D eigenvalue weighted by Gasteiger charge is -2.21. The third-order valence-corrected chi connectivity index (χ3v) is 1.80. The fourth-order valence-electron chi connectivity index (χ4n) is 1.18. The van der Waals surface area contributed by atoms with Crippen molar-refractivity contribution >= 4 is 12.4 Å². The lowest BCUT2D eigenvalue weighted by atomic mass is 10.2. The lowest BCUT2D eigenvalue weighted by molar-refractivity contribution is 0.0517. The molecule has 0 bridgehead atoms. The van der Waals surface area contributed by atoms with E-state index < -0.39 is 17.7 Å². The van der Waals surface area contributed by atoms with Crippen molar-refractivity contribution in [1.82, 2.24) is 15.3 Å². The number of nitrogens with one attached hydrogen (secondary N) is 2. The first-order valence-corrected chi connectivity index (χ1v) is 5.25. The van der Waals surface area contributed by atoms with Crippen LogP contribution in [0.4, 0.5) is 4.79 Å². The molecule has 1 aromatic heterocycles. The number of hydrogen-bond donors (Lipinski definition) is 2. The Balaban J connectivity index is 2.47. The number of aromatic nitrogens is 2. The number of aromatic amines is 1. The van der Waals surface area contributed by atoms with E-state index in [1.54, 1.807) is 33.3 Å². The van der Waals surface area contributed by atoms with Crippen LogP contribution in [-0.4, -0.2) is 34.0 Å². The van der Waals surface area contributed by atoms with Crippen LogP contribution in [0.25, 0.3) is 0 Å². The Kier molecular flexibility index (Phi) is 4.25. The van der Waals surface area contributed by atoms with Gasteiger partial charge in [-0.15, -0.1) is 0 Å². The van der Waals surface area contributed by atoms with E-state index in [1.807, 2.05) is 0 Å². The zero-order valence-electron chi connectivity index (χ0n) is 10.1. The first kappa shape index (κ1) is 13.2. The first-order chi connectivity index (χ1) is 7.90. The largest absolute Gasteiger partial charge is 0.444 e. The van der Waals surface area contributed by atoms with Crippen LogP contribution in [-0.2, 0) is 16.0 Å². The van der Waals surface area contributed by atoms with Gasteiger partial charge in [0.25, 0.3) is 0 Å². The van der Waals surface area contributed by atoms with Gasteiger partial charge in [0, 0.05) is 12.6 Å². The minimum absolute atomic E-state index is 0.284. The monoisotopic (exact) mass is 238 g/mol. The molecule has 1 amide bonds. The van der Waals surface area contributed by atoms with E-state index in [4.69, 9.17) is 4.74 Å². The van der Waals surface area contributed by atoms with Gasteiger partial charge >= 0.3 is 6.09 Å². The molecule has 6 nitrogen and oxygen atoms in total. The summed E-state index contributed by atoms with van der Waals surface area (Å²) in [7, 11) is 0. The van der Waals surface area contributed by atoms with E-state index in [0.29, 0.717) is 5.69 Å². The third-order valence-electron chi connectivity index (χ3n) is 1.80. The van der Waals surface area contributed by atoms with Crippen LogP contribution in [0.3, 0.4) is 0 Å². The molecule has 0 aliphatic rings. The maximum absolute atomic E-state index is 11.4. The number of carbonyl (C=O) groups is 1. The predicted octanol–water partition coefficient (Wildman–Crippen LogP) is 0.955. The van der Waals surface area contributed by atoms with Crippen molar-refractivity contribution in [3.63, 3.8) is 0 Å². The summed E-state index contributed by atoms with van der Waals surface area (Å²) in [6.07, 6.45) is 4.55. The Morgan fingerprint density at radius 3 is 2.82 bits per heavy atom. The summed E-state index contributed by atoms with van der Waals surface area (Å²) in [5.41, 5.74) is 0.0820. The van der Waals surface area contributed by atoms with Crippen molar-refractivity contribution in [3.05, 3.63) is 18.2 Å². The van der Waals surface area contributed by atoms with Gasteiger partial charge in [-0.05, 0) is 20.8 Å². The summed E-state index contributed by atoms with van der Waals surface area (Å²) >= 11 is 0. The second-order valence-electron chi connectivity index (χ2n) is 4.58. The van der Waals surface area contributed by atoms with Gasteiger partial charge in [0.2, 0.25) is 6.29 Å². The number of imidazole rings is 1. The zero-order valence-corrected chi connectivity index (χ0v) is 10.1. The number of carbonyl (C=O) groups excluding carboxylic acids is 2. The highest BCUT2D eigenvalue weighted by molar-refractivity contribution is 5.73. The zero-order chi connectivity index (χ0) is 12.9. The molecule has 17 heavy (non-hydrogen) atoms. The Labute approximate surface area is 99.8 Å². The minimum atomic E-state index is -0.756. The van der Waals surface area contributed by atoms with Gasteiger partial charge in [0.1, 0.15) is 11.6 Å². The van der Waals surface area contributed by atoms with Crippen molar-refractivity contribution < 1.29 is 14.3 Å². The van der Waals surface area contributed by atoms with Crippen molar-refractivity contribution in [2.24, 2.45) is 0 Å². The Morgan fingerprint density at radius 1 is 1.65 bits per heavy atom. The highest BCUT2D eigenvalue weighted by atomic mass is 16.6. The summed E-state index contributed by atoms with van der Waals surface area (Å²) in [5.74, 6) is 0. The van der Waals surface area contributed by atoms with Gasteiger partial charge < -0.3 is 15.0 Å². The smallest absolute Gasteiger partial charge is 0.408 e. The molecule has 0 aromatic carbocycles. The lowest BCUT2D eigenvalue weighted by Crippen LogP contribution is -2.41. The molecule has 0 saturated carbocycles. The molecule has 1 radical (unpaired) electrons. The maximum Gasteiger partial charge on any atom is 0.408 e. The van der Waals surface area contributed by atoms with E-state index in [9.17, 15) is 9.59 Å². The molecule has 1 unspecified atom stereocenters. The van der Waals surface area contributed by atoms with Gasteiger partial charge in [0.05, 0.1) is 12.0 Å². The topological polar surface area (TPSA) is 84.1 Å². The first-order valence-electron chi connectivity index (χ1n) is 5.25. The van der Waals surface area contributed by atoms with E-state index in [-0.39, 0.29) is 6.42 Å². The molecule has 0 aliphatic heterocycles. The average Bonchev–Trinajstić information content (AvgIpc) is 2.66. The van der Waals surface area contributed by atoms with Crippen LogP contribution in [0.1, 0.15) is 26.5 Å². The second-order valence-corrected chi connectivity index (χ2v) is 4.58. The summed E-state index contributed by atoms with van der Waals surface area (Å²) < 4.78 is 5.03. The molecule has 93 valence electrons. The Morgan fingerprint density at radius 2 is 2.35 bits per heavy atom. The Bertz CT molecular complexity index is 368. The van der Waals surface area contributed by atoms with Crippen LogP contribution >= 0.6 is 0 Å². The maximum atomic E-state index is 11.4. The number of rotatable bonds is 4. The predicted molar refractivity (Wildman–Crippen MR) is 61.1 cm³/mol. The van der Waals surface area contributed by atoms with Crippen LogP contribution in [0.5, 0.6) is 0 Å². The van der Waals surface area contributed by atoms with E-state index in [1.165, 1.54) is 6.33 Å². The SMILES string of the molecule is CC(C)(C)OC(=O)NC([C]=O)Cc1c[nH]cn1. The third kappa shape index (κ3) is 5.14. The molecule has 1 rings (SSSR count). The minimum Gasteiger partial charge on any atom is -0.444 e. The molecule has 1 aromatic rings. The second kappa shape index (κ2) is 5.47. The quantitative estimate of drug-likeness (QED) is 0.818. The molecule has 0 aliphatic carbocycles. The van der Waals surface area contributed by atoms with Crippen molar-refractivity contribution in [2.75, 3.05) is 0 Å². The number of nitrogens with zero attached hydrogens (tertiary/aromatic N) is 1. The van der Waals surface area contributed by atoms with E-state index >= 15 is 0 Å². The number of hydrogen-bond acceptors (Lipinski definition) is 4.